The van der Waals surface area contributed by atoms with E-state index in [-0.39, 0.29) is 29.3 Å². The van der Waals surface area contributed by atoms with Crippen LogP contribution in [0.3, 0.4) is 0 Å². The van der Waals surface area contributed by atoms with Crippen molar-refractivity contribution in [2.75, 3.05) is 5.32 Å². The molecule has 1 heterocycles. The van der Waals surface area contributed by atoms with Crippen LogP contribution in [0, 0.1) is 6.92 Å². The van der Waals surface area contributed by atoms with Crippen molar-refractivity contribution in [1.82, 2.24) is 15.0 Å². The van der Waals surface area contributed by atoms with Crippen molar-refractivity contribution < 1.29 is 14.7 Å². The van der Waals surface area contributed by atoms with Gasteiger partial charge in [0.2, 0.25) is 5.91 Å². The van der Waals surface area contributed by atoms with Gasteiger partial charge in [-0.2, -0.15) is 0 Å². The van der Waals surface area contributed by atoms with Gasteiger partial charge in [0.25, 0.3) is 0 Å². The standard InChI is InChI=1S/C21H24N4O3/c1-12-8-15(21(3,4)5)20(28)18(9-12)25-23-16-7-6-14(11-17(16)24-25)22-19(27)10-13(2)26/h6-9,11,28H,10H2,1-5H3,(H,22,27). The quantitative estimate of drug-likeness (QED) is 0.674. The fraction of sp³-hybridized carbons (Fsp3) is 0.333. The number of fused-ring (bicyclic) bond motifs is 1. The van der Waals surface area contributed by atoms with Gasteiger partial charge in [-0.3, -0.25) is 9.59 Å². The first-order valence-electron chi connectivity index (χ1n) is 9.05. The van der Waals surface area contributed by atoms with E-state index in [1.807, 2.05) is 39.8 Å². The van der Waals surface area contributed by atoms with E-state index < -0.39 is 0 Å². The van der Waals surface area contributed by atoms with Crippen molar-refractivity contribution in [2.45, 2.75) is 46.5 Å². The highest BCUT2D eigenvalue weighted by Gasteiger charge is 2.22. The van der Waals surface area contributed by atoms with Crippen LogP contribution in [0.25, 0.3) is 16.7 Å². The number of Topliss-reactive ketones (excluding diaryl/α,β-unsaturated/α-hetero) is 1. The molecule has 0 aliphatic carbocycles. The van der Waals surface area contributed by atoms with Crippen molar-refractivity contribution in [1.29, 1.82) is 0 Å². The average Bonchev–Trinajstić information content (AvgIpc) is 2.97. The van der Waals surface area contributed by atoms with E-state index in [9.17, 15) is 14.7 Å². The molecule has 0 saturated heterocycles. The Labute approximate surface area is 163 Å². The molecule has 28 heavy (non-hydrogen) atoms. The highest BCUT2D eigenvalue weighted by molar-refractivity contribution is 6.04. The topological polar surface area (TPSA) is 97.1 Å². The summed E-state index contributed by atoms with van der Waals surface area (Å²) in [6, 6.07) is 8.92. The number of nitrogens with one attached hydrogen (secondary N) is 1. The van der Waals surface area contributed by atoms with E-state index in [2.05, 4.69) is 15.5 Å². The lowest BCUT2D eigenvalue weighted by atomic mass is 9.85. The summed E-state index contributed by atoms with van der Waals surface area (Å²) in [5.41, 5.74) is 3.82. The maximum atomic E-state index is 11.8. The number of nitrogens with zero attached hydrogens (tertiary/aromatic N) is 3. The molecule has 0 radical (unpaired) electrons. The molecule has 2 aromatic carbocycles. The number of aryl methyl sites for hydroxylation is 1. The summed E-state index contributed by atoms with van der Waals surface area (Å²) < 4.78 is 0. The minimum Gasteiger partial charge on any atom is -0.505 e. The molecule has 7 heteroatoms. The van der Waals surface area contributed by atoms with Crippen molar-refractivity contribution in [3.63, 3.8) is 0 Å². The number of benzene rings is 2. The summed E-state index contributed by atoms with van der Waals surface area (Å²) in [6.07, 6.45) is -0.169. The largest absolute Gasteiger partial charge is 0.505 e. The van der Waals surface area contributed by atoms with Gasteiger partial charge in [0, 0.05) is 11.3 Å². The average molecular weight is 380 g/mol. The lowest BCUT2D eigenvalue weighted by Gasteiger charge is -2.22. The van der Waals surface area contributed by atoms with Crippen LogP contribution in [-0.4, -0.2) is 31.8 Å². The van der Waals surface area contributed by atoms with Crippen LogP contribution in [0.4, 0.5) is 5.69 Å². The molecule has 0 fully saturated rings. The number of phenolic OH excluding ortho intramolecular Hbond substituents is 1. The van der Waals surface area contributed by atoms with Gasteiger partial charge < -0.3 is 10.4 Å². The fourth-order valence-corrected chi connectivity index (χ4v) is 3.02. The lowest BCUT2D eigenvalue weighted by Crippen LogP contribution is -2.14. The van der Waals surface area contributed by atoms with Crippen molar-refractivity contribution in [3.8, 4) is 11.4 Å². The fourth-order valence-electron chi connectivity index (χ4n) is 3.02. The Morgan fingerprint density at radius 3 is 2.43 bits per heavy atom. The Bertz CT molecular complexity index is 1080. The third-order valence-electron chi connectivity index (χ3n) is 4.33. The molecule has 2 N–H and O–H groups in total. The lowest BCUT2D eigenvalue weighted by molar-refractivity contribution is -0.124. The van der Waals surface area contributed by atoms with Crippen LogP contribution in [0.15, 0.2) is 30.3 Å². The van der Waals surface area contributed by atoms with Crippen molar-refractivity contribution in [2.24, 2.45) is 0 Å². The second-order valence-electron chi connectivity index (χ2n) is 8.05. The highest BCUT2D eigenvalue weighted by Crippen LogP contribution is 2.36. The molecule has 0 aliphatic rings. The first kappa shape index (κ1) is 19.5. The van der Waals surface area contributed by atoms with E-state index in [1.165, 1.54) is 11.7 Å². The van der Waals surface area contributed by atoms with Crippen LogP contribution in [0.1, 0.15) is 45.2 Å². The third-order valence-corrected chi connectivity index (χ3v) is 4.33. The summed E-state index contributed by atoms with van der Waals surface area (Å²) in [5, 5.41) is 22.4. The molecule has 3 aromatic rings. The number of carbonyl (C=O) groups excluding carboxylic acids is 2. The molecule has 0 aliphatic heterocycles. The number of hydrogen-bond donors (Lipinski definition) is 2. The maximum absolute atomic E-state index is 11.8. The molecular formula is C21H24N4O3. The number of aromatic nitrogens is 3. The summed E-state index contributed by atoms with van der Waals surface area (Å²) in [6.45, 7) is 9.44. The van der Waals surface area contributed by atoms with Gasteiger partial charge in [-0.1, -0.05) is 26.8 Å². The SMILES string of the molecule is CC(=O)CC(=O)Nc1ccc2nn(-c3cc(C)cc(C(C)(C)C)c3O)nc2c1. The summed E-state index contributed by atoms with van der Waals surface area (Å²) >= 11 is 0. The molecule has 3 rings (SSSR count). The zero-order chi connectivity index (χ0) is 20.6. The van der Waals surface area contributed by atoms with E-state index in [0.717, 1.165) is 11.1 Å². The van der Waals surface area contributed by atoms with E-state index in [0.29, 0.717) is 22.4 Å². The van der Waals surface area contributed by atoms with Gasteiger partial charge in [-0.25, -0.2) is 0 Å². The maximum Gasteiger partial charge on any atom is 0.231 e. The summed E-state index contributed by atoms with van der Waals surface area (Å²) in [5.74, 6) is -0.423. The Morgan fingerprint density at radius 1 is 1.11 bits per heavy atom. The summed E-state index contributed by atoms with van der Waals surface area (Å²) in [7, 11) is 0. The van der Waals surface area contributed by atoms with Gasteiger partial charge in [0.15, 0.2) is 0 Å². The van der Waals surface area contributed by atoms with E-state index in [4.69, 9.17) is 0 Å². The van der Waals surface area contributed by atoms with Crippen molar-refractivity contribution >= 4 is 28.4 Å². The molecule has 146 valence electrons. The first-order valence-corrected chi connectivity index (χ1v) is 9.05. The summed E-state index contributed by atoms with van der Waals surface area (Å²) in [4.78, 5) is 24.3. The molecule has 0 atom stereocenters. The molecule has 0 saturated carbocycles. The smallest absolute Gasteiger partial charge is 0.231 e. The minimum absolute atomic E-state index is 0.147. The highest BCUT2D eigenvalue weighted by atomic mass is 16.3. The van der Waals surface area contributed by atoms with Gasteiger partial charge >= 0.3 is 0 Å². The predicted molar refractivity (Wildman–Crippen MR) is 108 cm³/mol. The first-order chi connectivity index (χ1) is 13.0. The van der Waals surface area contributed by atoms with Gasteiger partial charge in [-0.05, 0) is 49.1 Å². The monoisotopic (exact) mass is 380 g/mol. The Balaban J connectivity index is 2.01. The van der Waals surface area contributed by atoms with Crippen LogP contribution in [0.2, 0.25) is 0 Å². The molecule has 0 bridgehead atoms. The van der Waals surface area contributed by atoms with Crippen LogP contribution in [-0.2, 0) is 15.0 Å². The van der Waals surface area contributed by atoms with Crippen molar-refractivity contribution in [3.05, 3.63) is 41.5 Å². The zero-order valence-corrected chi connectivity index (χ0v) is 16.7. The number of phenols is 1. The van der Waals surface area contributed by atoms with Crippen LogP contribution in [0.5, 0.6) is 5.75 Å². The van der Waals surface area contributed by atoms with Gasteiger partial charge in [-0.15, -0.1) is 15.0 Å². The van der Waals surface area contributed by atoms with E-state index in [1.54, 1.807) is 18.2 Å². The number of ketones is 1. The number of amides is 1. The third kappa shape index (κ3) is 4.03. The number of anilines is 1. The number of carbonyl (C=O) groups is 2. The molecular weight excluding hydrogens is 356 g/mol. The molecule has 0 unspecified atom stereocenters. The number of aromatic hydroxyl groups is 1. The second-order valence-corrected chi connectivity index (χ2v) is 8.05. The Kier molecular flexibility index (Phi) is 4.93. The van der Waals surface area contributed by atoms with Gasteiger partial charge in [0.05, 0.1) is 6.42 Å². The molecule has 1 aromatic heterocycles. The second kappa shape index (κ2) is 7.07. The Morgan fingerprint density at radius 2 is 1.79 bits per heavy atom. The molecule has 7 nitrogen and oxygen atoms in total. The van der Waals surface area contributed by atoms with E-state index >= 15 is 0 Å². The van der Waals surface area contributed by atoms with Crippen LogP contribution >= 0.6 is 0 Å². The number of rotatable bonds is 4. The van der Waals surface area contributed by atoms with Gasteiger partial charge in [0.1, 0.15) is 28.3 Å². The molecule has 1 amide bonds. The normalized spacial score (nSPS) is 11.6. The zero-order valence-electron chi connectivity index (χ0n) is 16.7. The Hall–Kier alpha value is -3.22. The predicted octanol–water partition coefficient (Wildman–Crippen LogP) is 3.65. The minimum atomic E-state index is -0.370. The number of hydrogen-bond acceptors (Lipinski definition) is 5. The van der Waals surface area contributed by atoms with Crippen LogP contribution < -0.4 is 5.32 Å². The molecule has 0 spiro atoms.